The van der Waals surface area contributed by atoms with Gasteiger partial charge in [0.2, 0.25) is 11.8 Å². The highest BCUT2D eigenvalue weighted by atomic mass is 32.2. The Morgan fingerprint density at radius 1 is 1.42 bits per heavy atom. The summed E-state index contributed by atoms with van der Waals surface area (Å²) in [7, 11) is 0. The Kier molecular flexibility index (Phi) is 4.30. The van der Waals surface area contributed by atoms with Gasteiger partial charge in [0.15, 0.2) is 5.17 Å². The summed E-state index contributed by atoms with van der Waals surface area (Å²) in [5.41, 5.74) is 1.59. The van der Waals surface area contributed by atoms with Crippen molar-refractivity contribution in [1.29, 1.82) is 0 Å². The average Bonchev–Trinajstić information content (AvgIpc) is 2.77. The van der Waals surface area contributed by atoms with Crippen LogP contribution in [0.2, 0.25) is 0 Å². The number of thioether (sulfide) groups is 1. The molecule has 1 heterocycles. The molecule has 1 aliphatic rings. The third kappa shape index (κ3) is 4.22. The number of anilines is 1. The van der Waals surface area contributed by atoms with Crippen LogP contribution >= 0.6 is 11.8 Å². The molecule has 1 aromatic rings. The zero-order valence-corrected chi connectivity index (χ0v) is 11.0. The van der Waals surface area contributed by atoms with E-state index in [0.717, 1.165) is 11.3 Å². The van der Waals surface area contributed by atoms with Crippen LogP contribution in [0.4, 0.5) is 5.69 Å². The molecule has 6 nitrogen and oxygen atoms in total. The highest BCUT2D eigenvalue weighted by Gasteiger charge is 2.15. The number of amides is 2. The smallest absolute Gasteiger partial charge is 0.236 e. The van der Waals surface area contributed by atoms with Crippen LogP contribution in [0.1, 0.15) is 12.5 Å². The van der Waals surface area contributed by atoms with Crippen molar-refractivity contribution in [3.05, 3.63) is 29.8 Å². The van der Waals surface area contributed by atoms with Crippen molar-refractivity contribution in [3.63, 3.8) is 0 Å². The molecular weight excluding hydrogens is 264 g/mol. The predicted molar refractivity (Wildman–Crippen MR) is 76.4 cm³/mol. The van der Waals surface area contributed by atoms with Crippen LogP contribution in [0, 0.1) is 0 Å². The molecule has 0 atom stereocenters. The summed E-state index contributed by atoms with van der Waals surface area (Å²) in [6.07, 6.45) is 1.58. The molecule has 0 aromatic heterocycles. The lowest BCUT2D eigenvalue weighted by molar-refractivity contribution is -0.117. The number of hydrogen-bond acceptors (Lipinski definition) is 5. The second-order valence-electron chi connectivity index (χ2n) is 3.79. The monoisotopic (exact) mass is 276 g/mol. The maximum atomic E-state index is 10.9. The highest BCUT2D eigenvalue weighted by Crippen LogP contribution is 2.10. The van der Waals surface area contributed by atoms with Gasteiger partial charge in [-0.2, -0.15) is 5.10 Å². The van der Waals surface area contributed by atoms with Crippen molar-refractivity contribution >= 4 is 40.6 Å². The molecule has 0 saturated carbocycles. The Bertz CT molecular complexity index is 551. The van der Waals surface area contributed by atoms with E-state index in [4.69, 9.17) is 0 Å². The number of benzene rings is 1. The molecule has 1 saturated heterocycles. The molecular formula is C12H12N4O2S. The molecule has 1 aliphatic heterocycles. The summed E-state index contributed by atoms with van der Waals surface area (Å²) in [6, 6.07) is 7.19. The molecule has 0 radical (unpaired) electrons. The number of amidine groups is 1. The molecule has 19 heavy (non-hydrogen) atoms. The summed E-state index contributed by atoms with van der Waals surface area (Å²) in [4.78, 5) is 21.8. The second kappa shape index (κ2) is 6.14. The fourth-order valence-electron chi connectivity index (χ4n) is 1.38. The van der Waals surface area contributed by atoms with Crippen LogP contribution in [0.25, 0.3) is 0 Å². The van der Waals surface area contributed by atoms with Gasteiger partial charge in [-0.05, 0) is 17.7 Å². The van der Waals surface area contributed by atoms with Crippen molar-refractivity contribution in [3.8, 4) is 0 Å². The standard InChI is InChI=1S/C12H12N4O2S/c1-8(17)14-10-4-2-9(3-5-10)6-13-16-12-15-11(18)7-19-12/h2-6H,7H2,1H3,(H,14,17)(H,15,16,18). The number of carbonyl (C=O) groups excluding carboxylic acids is 2. The molecule has 2 N–H and O–H groups in total. The van der Waals surface area contributed by atoms with E-state index in [1.165, 1.54) is 18.7 Å². The average molecular weight is 276 g/mol. The summed E-state index contributed by atoms with van der Waals surface area (Å²) in [5, 5.41) is 13.5. The van der Waals surface area contributed by atoms with Crippen molar-refractivity contribution in [1.82, 2.24) is 5.32 Å². The lowest BCUT2D eigenvalue weighted by Gasteiger charge is -2.00. The Hall–Kier alpha value is -2.15. The first-order valence-corrected chi connectivity index (χ1v) is 6.53. The van der Waals surface area contributed by atoms with Crippen LogP contribution < -0.4 is 10.6 Å². The van der Waals surface area contributed by atoms with E-state index in [1.54, 1.807) is 18.3 Å². The van der Waals surface area contributed by atoms with Crippen molar-refractivity contribution in [2.24, 2.45) is 10.2 Å². The first kappa shape index (κ1) is 13.3. The summed E-state index contributed by atoms with van der Waals surface area (Å²) < 4.78 is 0. The maximum absolute atomic E-state index is 10.9. The topological polar surface area (TPSA) is 82.9 Å². The Balaban J connectivity index is 1.95. The van der Waals surface area contributed by atoms with Crippen LogP contribution in [0.3, 0.4) is 0 Å². The Morgan fingerprint density at radius 2 is 2.16 bits per heavy atom. The first-order chi connectivity index (χ1) is 9.13. The molecule has 7 heteroatoms. The number of rotatable bonds is 3. The van der Waals surface area contributed by atoms with Gasteiger partial charge in [-0.25, -0.2) is 0 Å². The number of nitrogens with one attached hydrogen (secondary N) is 2. The minimum Gasteiger partial charge on any atom is -0.326 e. The van der Waals surface area contributed by atoms with Gasteiger partial charge < -0.3 is 10.6 Å². The summed E-state index contributed by atoms with van der Waals surface area (Å²) in [6.45, 7) is 1.46. The second-order valence-corrected chi connectivity index (χ2v) is 4.75. The normalized spacial score (nSPS) is 16.9. The number of hydrogen-bond donors (Lipinski definition) is 2. The van der Waals surface area contributed by atoms with Crippen LogP contribution in [-0.4, -0.2) is 28.9 Å². The Morgan fingerprint density at radius 3 is 2.74 bits per heavy atom. The molecule has 1 aromatic carbocycles. The van der Waals surface area contributed by atoms with E-state index in [0.29, 0.717) is 10.9 Å². The predicted octanol–water partition coefficient (Wildman–Crippen LogP) is 1.20. The number of nitrogens with zero attached hydrogens (tertiary/aromatic N) is 2. The van der Waals surface area contributed by atoms with Gasteiger partial charge in [-0.3, -0.25) is 9.59 Å². The zero-order chi connectivity index (χ0) is 13.7. The minimum atomic E-state index is -0.109. The van der Waals surface area contributed by atoms with E-state index in [9.17, 15) is 9.59 Å². The first-order valence-electron chi connectivity index (χ1n) is 5.55. The van der Waals surface area contributed by atoms with Gasteiger partial charge in [-0.1, -0.05) is 23.9 Å². The van der Waals surface area contributed by atoms with Crippen LogP contribution in [-0.2, 0) is 9.59 Å². The summed E-state index contributed by atoms with van der Waals surface area (Å²) >= 11 is 1.32. The van der Waals surface area contributed by atoms with Gasteiger partial charge in [0.25, 0.3) is 0 Å². The van der Waals surface area contributed by atoms with Crippen LogP contribution in [0.5, 0.6) is 0 Å². The van der Waals surface area contributed by atoms with E-state index in [2.05, 4.69) is 20.8 Å². The fourth-order valence-corrected chi connectivity index (χ4v) is 2.01. The quantitative estimate of drug-likeness (QED) is 0.642. The highest BCUT2D eigenvalue weighted by molar-refractivity contribution is 8.15. The van der Waals surface area contributed by atoms with E-state index < -0.39 is 0 Å². The molecule has 0 bridgehead atoms. The molecule has 1 fully saturated rings. The minimum absolute atomic E-state index is 0.0568. The van der Waals surface area contributed by atoms with Crippen molar-refractivity contribution in [2.75, 3.05) is 11.1 Å². The summed E-state index contributed by atoms with van der Waals surface area (Å²) in [5.74, 6) is 0.222. The van der Waals surface area contributed by atoms with Gasteiger partial charge >= 0.3 is 0 Å². The maximum Gasteiger partial charge on any atom is 0.236 e. The van der Waals surface area contributed by atoms with Crippen LogP contribution in [0.15, 0.2) is 34.5 Å². The van der Waals surface area contributed by atoms with Crippen molar-refractivity contribution in [2.45, 2.75) is 6.92 Å². The van der Waals surface area contributed by atoms with E-state index in [1.807, 2.05) is 12.1 Å². The van der Waals surface area contributed by atoms with Gasteiger partial charge in [0.05, 0.1) is 12.0 Å². The van der Waals surface area contributed by atoms with Gasteiger partial charge in [0, 0.05) is 12.6 Å². The molecule has 2 rings (SSSR count). The molecule has 0 unspecified atom stereocenters. The third-order valence-corrected chi connectivity index (χ3v) is 3.04. The third-order valence-electron chi connectivity index (χ3n) is 2.17. The molecule has 0 spiro atoms. The lowest BCUT2D eigenvalue weighted by Crippen LogP contribution is -2.19. The zero-order valence-electron chi connectivity index (χ0n) is 10.2. The Labute approximate surface area is 114 Å². The molecule has 0 aliphatic carbocycles. The van der Waals surface area contributed by atoms with E-state index in [-0.39, 0.29) is 11.8 Å². The largest absolute Gasteiger partial charge is 0.326 e. The molecule has 98 valence electrons. The van der Waals surface area contributed by atoms with E-state index >= 15 is 0 Å². The van der Waals surface area contributed by atoms with Crippen molar-refractivity contribution < 1.29 is 9.59 Å². The van der Waals surface area contributed by atoms with Gasteiger partial charge in [-0.15, -0.1) is 5.10 Å². The fraction of sp³-hybridized carbons (Fsp3) is 0.167. The molecule has 2 amide bonds. The number of carbonyl (C=O) groups is 2. The van der Waals surface area contributed by atoms with Gasteiger partial charge in [0.1, 0.15) is 0 Å². The lowest BCUT2D eigenvalue weighted by atomic mass is 10.2. The SMILES string of the molecule is CC(=O)Nc1ccc(C=NN=C2NC(=O)CS2)cc1.